The molecule has 2 heterocycles. The number of nitrogens with zero attached hydrogens (tertiary/aromatic N) is 4. The topological polar surface area (TPSA) is 52.3 Å². The molecule has 0 amide bonds. The number of rotatable bonds is 3. The molecule has 4 fully saturated rings. The summed E-state index contributed by atoms with van der Waals surface area (Å²) in [7, 11) is 1.68. The Balaban J connectivity index is 1.42. The first-order valence-corrected chi connectivity index (χ1v) is 10.4. The van der Waals surface area contributed by atoms with E-state index in [-0.39, 0.29) is 0 Å². The van der Waals surface area contributed by atoms with Crippen LogP contribution >= 0.6 is 11.3 Å². The van der Waals surface area contributed by atoms with Crippen LogP contribution in [-0.4, -0.2) is 26.9 Å². The largest absolute Gasteiger partial charge is 0.497 e. The van der Waals surface area contributed by atoms with Crippen LogP contribution in [0.3, 0.4) is 0 Å². The van der Waals surface area contributed by atoms with Gasteiger partial charge >= 0.3 is 0 Å². The van der Waals surface area contributed by atoms with E-state index in [0.717, 1.165) is 39.9 Å². The average Bonchev–Trinajstić information content (AvgIpc) is 3.22. The Morgan fingerprint density at radius 1 is 1.00 bits per heavy atom. The third kappa shape index (κ3) is 2.11. The van der Waals surface area contributed by atoms with Crippen molar-refractivity contribution in [2.24, 2.45) is 17.8 Å². The van der Waals surface area contributed by atoms with Crippen molar-refractivity contribution in [3.05, 3.63) is 29.3 Å². The summed E-state index contributed by atoms with van der Waals surface area (Å²) in [5.41, 5.74) is 1.35. The van der Waals surface area contributed by atoms with Crippen molar-refractivity contribution >= 4 is 16.3 Å². The Morgan fingerprint density at radius 2 is 1.65 bits per heavy atom. The van der Waals surface area contributed by atoms with Gasteiger partial charge in [-0.05, 0) is 80.5 Å². The van der Waals surface area contributed by atoms with Crippen LogP contribution in [0, 0.1) is 17.8 Å². The van der Waals surface area contributed by atoms with E-state index < -0.39 is 0 Å². The summed E-state index contributed by atoms with van der Waals surface area (Å²) in [4.78, 5) is 0.918. The van der Waals surface area contributed by atoms with Crippen molar-refractivity contribution in [3.8, 4) is 17.1 Å². The van der Waals surface area contributed by atoms with Crippen molar-refractivity contribution in [3.63, 3.8) is 0 Å². The lowest BCUT2D eigenvalue weighted by atomic mass is 9.50. The lowest BCUT2D eigenvalue weighted by Gasteiger charge is -2.55. The van der Waals surface area contributed by atoms with E-state index in [4.69, 9.17) is 9.84 Å². The first-order chi connectivity index (χ1) is 12.7. The number of ether oxygens (including phenoxy) is 1. The number of methoxy groups -OCH3 is 1. The van der Waals surface area contributed by atoms with Crippen LogP contribution in [-0.2, 0) is 5.41 Å². The van der Waals surface area contributed by atoms with E-state index in [1.807, 2.05) is 28.8 Å². The van der Waals surface area contributed by atoms with E-state index in [1.165, 1.54) is 43.5 Å². The highest BCUT2D eigenvalue weighted by molar-refractivity contribution is 7.16. The number of hydrogen-bond donors (Lipinski definition) is 0. The Kier molecular flexibility index (Phi) is 3.08. The third-order valence-corrected chi connectivity index (χ3v) is 7.98. The van der Waals surface area contributed by atoms with Crippen molar-refractivity contribution in [2.75, 3.05) is 7.11 Å². The second-order valence-electron chi connectivity index (χ2n) is 8.55. The zero-order chi connectivity index (χ0) is 17.3. The fourth-order valence-corrected chi connectivity index (χ4v) is 7.18. The molecular formula is C20H22N4OS. The van der Waals surface area contributed by atoms with E-state index in [0.29, 0.717) is 5.41 Å². The van der Waals surface area contributed by atoms with E-state index in [2.05, 4.69) is 10.2 Å². The summed E-state index contributed by atoms with van der Waals surface area (Å²) in [5.74, 6) is 4.46. The molecule has 0 atom stereocenters. The van der Waals surface area contributed by atoms with Crippen molar-refractivity contribution in [2.45, 2.75) is 43.9 Å². The molecule has 7 rings (SSSR count). The first-order valence-electron chi connectivity index (χ1n) is 9.59. The van der Waals surface area contributed by atoms with E-state index in [9.17, 15) is 0 Å². The lowest BCUT2D eigenvalue weighted by Crippen LogP contribution is -2.48. The molecule has 134 valence electrons. The standard InChI is InChI=1S/C20H22N4OS/c1-25-16-4-2-15(3-5-16)17-21-22-19-24(17)23-18(26-19)20-9-12-6-13(10-20)8-14(7-12)11-20/h2-5,12-14H,6-11H2,1H3. The fourth-order valence-electron chi connectivity index (χ4n) is 6.12. The Bertz CT molecular complexity index is 938. The Morgan fingerprint density at radius 3 is 2.27 bits per heavy atom. The summed E-state index contributed by atoms with van der Waals surface area (Å²) < 4.78 is 7.22. The van der Waals surface area contributed by atoms with Crippen molar-refractivity contribution < 1.29 is 4.74 Å². The predicted molar refractivity (Wildman–Crippen MR) is 100 cm³/mol. The SMILES string of the molecule is COc1ccc(-c2nnc3sc(C45CC6CC(CC(C6)C4)C5)nn23)cc1. The minimum atomic E-state index is 0.317. The molecule has 4 aliphatic carbocycles. The van der Waals surface area contributed by atoms with Crippen LogP contribution in [0.2, 0.25) is 0 Å². The number of hydrogen-bond acceptors (Lipinski definition) is 5. The molecule has 4 saturated carbocycles. The summed E-state index contributed by atoms with van der Waals surface area (Å²) in [5, 5.41) is 15.2. The minimum Gasteiger partial charge on any atom is -0.497 e. The second-order valence-corrected chi connectivity index (χ2v) is 9.51. The van der Waals surface area contributed by atoms with Crippen molar-refractivity contribution in [1.29, 1.82) is 0 Å². The maximum atomic E-state index is 5.26. The van der Waals surface area contributed by atoms with Gasteiger partial charge in [0.15, 0.2) is 5.82 Å². The smallest absolute Gasteiger partial charge is 0.234 e. The van der Waals surface area contributed by atoms with Gasteiger partial charge in [0.1, 0.15) is 10.8 Å². The molecule has 0 saturated heterocycles. The normalized spacial score (nSPS) is 32.4. The summed E-state index contributed by atoms with van der Waals surface area (Å²) >= 11 is 1.76. The van der Waals surface area contributed by atoms with Gasteiger partial charge in [-0.15, -0.1) is 10.2 Å². The fraction of sp³-hybridized carbons (Fsp3) is 0.550. The lowest BCUT2D eigenvalue weighted by molar-refractivity contribution is -0.00565. The molecule has 0 unspecified atom stereocenters. The highest BCUT2D eigenvalue weighted by atomic mass is 32.1. The molecule has 2 aromatic heterocycles. The maximum absolute atomic E-state index is 5.26. The van der Waals surface area contributed by atoms with E-state index in [1.54, 1.807) is 18.4 Å². The van der Waals surface area contributed by atoms with Crippen LogP contribution in [0.1, 0.15) is 43.5 Å². The van der Waals surface area contributed by atoms with E-state index >= 15 is 0 Å². The minimum absolute atomic E-state index is 0.317. The summed E-state index contributed by atoms with van der Waals surface area (Å²) in [6, 6.07) is 7.98. The average molecular weight is 366 g/mol. The molecule has 4 aliphatic rings. The van der Waals surface area contributed by atoms with Crippen LogP contribution < -0.4 is 4.74 Å². The maximum Gasteiger partial charge on any atom is 0.234 e. The highest BCUT2D eigenvalue weighted by Crippen LogP contribution is 2.61. The molecule has 26 heavy (non-hydrogen) atoms. The molecule has 6 heteroatoms. The van der Waals surface area contributed by atoms with Crippen LogP contribution in [0.5, 0.6) is 5.75 Å². The quantitative estimate of drug-likeness (QED) is 0.692. The highest BCUT2D eigenvalue weighted by Gasteiger charge is 2.53. The van der Waals surface area contributed by atoms with Gasteiger partial charge in [-0.3, -0.25) is 0 Å². The van der Waals surface area contributed by atoms with Gasteiger partial charge in [0.2, 0.25) is 4.96 Å². The molecule has 0 spiro atoms. The second kappa shape index (κ2) is 5.28. The van der Waals surface area contributed by atoms with Crippen LogP contribution in [0.4, 0.5) is 0 Å². The van der Waals surface area contributed by atoms with Gasteiger partial charge in [0.05, 0.1) is 7.11 Å². The molecule has 0 N–H and O–H groups in total. The molecule has 0 aliphatic heterocycles. The molecule has 0 radical (unpaired) electrons. The van der Waals surface area contributed by atoms with Gasteiger partial charge in [-0.2, -0.15) is 9.61 Å². The first kappa shape index (κ1) is 15.1. The number of fused-ring (bicyclic) bond motifs is 1. The molecule has 4 bridgehead atoms. The molecular weight excluding hydrogens is 344 g/mol. The van der Waals surface area contributed by atoms with Crippen LogP contribution in [0.15, 0.2) is 24.3 Å². The zero-order valence-corrected chi connectivity index (χ0v) is 15.7. The van der Waals surface area contributed by atoms with Gasteiger partial charge in [-0.25, -0.2) is 0 Å². The van der Waals surface area contributed by atoms with Gasteiger partial charge in [-0.1, -0.05) is 11.3 Å². The summed E-state index contributed by atoms with van der Waals surface area (Å²) in [6.45, 7) is 0. The van der Waals surface area contributed by atoms with Gasteiger partial charge in [0.25, 0.3) is 0 Å². The molecule has 5 nitrogen and oxygen atoms in total. The Labute approximate surface area is 156 Å². The molecule has 1 aromatic carbocycles. The van der Waals surface area contributed by atoms with Gasteiger partial charge in [0, 0.05) is 11.0 Å². The number of aromatic nitrogens is 4. The zero-order valence-electron chi connectivity index (χ0n) is 14.9. The van der Waals surface area contributed by atoms with Crippen molar-refractivity contribution in [1.82, 2.24) is 19.8 Å². The predicted octanol–water partition coefficient (Wildman–Crippen LogP) is 4.33. The van der Waals surface area contributed by atoms with Gasteiger partial charge < -0.3 is 4.74 Å². The molecule has 3 aromatic rings. The Hall–Kier alpha value is -1.95. The summed E-state index contributed by atoms with van der Waals surface area (Å²) in [6.07, 6.45) is 8.38. The monoisotopic (exact) mass is 366 g/mol. The third-order valence-electron chi connectivity index (χ3n) is 6.83. The number of benzene rings is 1. The van der Waals surface area contributed by atoms with Crippen LogP contribution in [0.25, 0.3) is 16.3 Å².